The molecule has 0 aliphatic carbocycles. The van der Waals surface area contributed by atoms with Crippen LogP contribution in [0.1, 0.15) is 52.4 Å². The van der Waals surface area contributed by atoms with Crippen molar-refractivity contribution in [3.63, 3.8) is 0 Å². The van der Waals surface area contributed by atoms with E-state index in [1.807, 2.05) is 0 Å². The maximum atomic E-state index is 12.0. The highest BCUT2D eigenvalue weighted by Gasteiger charge is 2.23. The van der Waals surface area contributed by atoms with Crippen molar-refractivity contribution in [3.05, 3.63) is 0 Å². The number of likely N-dealkylation sites (tertiary alicyclic amines) is 1. The number of alkyl halides is 1. The van der Waals surface area contributed by atoms with Crippen molar-refractivity contribution < 1.29 is 4.79 Å². The average Bonchev–Trinajstić information content (AvgIpc) is 2.52. The third-order valence-corrected chi connectivity index (χ3v) is 4.81. The van der Waals surface area contributed by atoms with E-state index >= 15 is 0 Å². The SMILES string of the molecule is CCCC(CBr)CN1CCC(CC)CCC1=O. The van der Waals surface area contributed by atoms with Gasteiger partial charge in [0.2, 0.25) is 5.91 Å². The molecular formula is C14H26BrNO. The Morgan fingerprint density at radius 2 is 2.18 bits per heavy atom. The Kier molecular flexibility index (Phi) is 7.17. The lowest BCUT2D eigenvalue weighted by Crippen LogP contribution is -2.35. The van der Waals surface area contributed by atoms with E-state index < -0.39 is 0 Å². The normalized spacial score (nSPS) is 23.6. The van der Waals surface area contributed by atoms with E-state index in [9.17, 15) is 4.79 Å². The molecular weight excluding hydrogens is 278 g/mol. The molecule has 0 spiro atoms. The number of nitrogens with zero attached hydrogens (tertiary/aromatic N) is 1. The standard InChI is InChI=1S/C14H26BrNO/c1-3-5-13(10-15)11-16-9-8-12(4-2)6-7-14(16)17/h12-13H,3-11H2,1-2H3. The molecule has 100 valence electrons. The second kappa shape index (κ2) is 8.12. The first-order chi connectivity index (χ1) is 8.21. The highest BCUT2D eigenvalue weighted by atomic mass is 79.9. The Morgan fingerprint density at radius 3 is 2.76 bits per heavy atom. The molecule has 1 rings (SSSR count). The lowest BCUT2D eigenvalue weighted by Gasteiger charge is -2.25. The molecule has 0 bridgehead atoms. The Balaban J connectivity index is 2.48. The van der Waals surface area contributed by atoms with Gasteiger partial charge in [0.05, 0.1) is 0 Å². The monoisotopic (exact) mass is 303 g/mol. The minimum absolute atomic E-state index is 0.378. The van der Waals surface area contributed by atoms with Crippen LogP contribution in [0.3, 0.4) is 0 Å². The van der Waals surface area contributed by atoms with Crippen molar-refractivity contribution in [3.8, 4) is 0 Å². The minimum Gasteiger partial charge on any atom is -0.342 e. The summed E-state index contributed by atoms with van der Waals surface area (Å²) in [5.41, 5.74) is 0. The lowest BCUT2D eigenvalue weighted by molar-refractivity contribution is -0.131. The lowest BCUT2D eigenvalue weighted by atomic mass is 9.98. The van der Waals surface area contributed by atoms with Crippen LogP contribution in [0.5, 0.6) is 0 Å². The van der Waals surface area contributed by atoms with Gasteiger partial charge >= 0.3 is 0 Å². The molecule has 2 nitrogen and oxygen atoms in total. The van der Waals surface area contributed by atoms with Gasteiger partial charge in [-0.2, -0.15) is 0 Å². The maximum Gasteiger partial charge on any atom is 0.222 e. The third-order valence-electron chi connectivity index (χ3n) is 3.90. The summed E-state index contributed by atoms with van der Waals surface area (Å²) >= 11 is 3.57. The van der Waals surface area contributed by atoms with E-state index in [2.05, 4.69) is 34.7 Å². The molecule has 1 amide bonds. The van der Waals surface area contributed by atoms with Gasteiger partial charge in [-0.3, -0.25) is 4.79 Å². The first kappa shape index (κ1) is 15.0. The molecule has 1 aliphatic heterocycles. The van der Waals surface area contributed by atoms with Gasteiger partial charge in [0.15, 0.2) is 0 Å². The maximum absolute atomic E-state index is 12.0. The van der Waals surface area contributed by atoms with Gasteiger partial charge in [0.1, 0.15) is 0 Å². The number of hydrogen-bond acceptors (Lipinski definition) is 1. The molecule has 0 radical (unpaired) electrons. The van der Waals surface area contributed by atoms with Crippen molar-refractivity contribution in [2.24, 2.45) is 11.8 Å². The van der Waals surface area contributed by atoms with Crippen molar-refractivity contribution in [2.75, 3.05) is 18.4 Å². The zero-order valence-electron chi connectivity index (χ0n) is 11.3. The molecule has 1 fully saturated rings. The Labute approximate surface area is 114 Å². The van der Waals surface area contributed by atoms with Crippen LogP contribution >= 0.6 is 15.9 Å². The summed E-state index contributed by atoms with van der Waals surface area (Å²) in [6.07, 6.45) is 6.70. The van der Waals surface area contributed by atoms with Crippen molar-refractivity contribution >= 4 is 21.8 Å². The van der Waals surface area contributed by atoms with Gasteiger partial charge in [-0.25, -0.2) is 0 Å². The topological polar surface area (TPSA) is 20.3 Å². The molecule has 0 N–H and O–H groups in total. The van der Waals surface area contributed by atoms with Crippen LogP contribution < -0.4 is 0 Å². The van der Waals surface area contributed by atoms with Gasteiger partial charge in [-0.05, 0) is 31.1 Å². The van der Waals surface area contributed by atoms with E-state index in [1.165, 1.54) is 25.7 Å². The predicted octanol–water partition coefficient (Wildman–Crippen LogP) is 3.84. The van der Waals surface area contributed by atoms with Crippen LogP contribution in [0.4, 0.5) is 0 Å². The van der Waals surface area contributed by atoms with E-state index in [4.69, 9.17) is 0 Å². The van der Waals surface area contributed by atoms with Crippen LogP contribution in [0.25, 0.3) is 0 Å². The second-order valence-electron chi connectivity index (χ2n) is 5.25. The number of halogens is 1. The third kappa shape index (κ3) is 4.99. The van der Waals surface area contributed by atoms with Gasteiger partial charge in [0.25, 0.3) is 0 Å². The van der Waals surface area contributed by atoms with Crippen LogP contribution in [0.15, 0.2) is 0 Å². The molecule has 0 aromatic carbocycles. The predicted molar refractivity (Wildman–Crippen MR) is 76.4 cm³/mol. The van der Waals surface area contributed by atoms with E-state index in [0.29, 0.717) is 11.8 Å². The van der Waals surface area contributed by atoms with Crippen LogP contribution in [-0.2, 0) is 4.79 Å². The van der Waals surface area contributed by atoms with Crippen molar-refractivity contribution in [1.82, 2.24) is 4.90 Å². The summed E-state index contributed by atoms with van der Waals surface area (Å²) in [6, 6.07) is 0. The molecule has 2 unspecified atom stereocenters. The molecule has 1 aliphatic rings. The number of amides is 1. The van der Waals surface area contributed by atoms with Crippen molar-refractivity contribution in [2.45, 2.75) is 52.4 Å². The van der Waals surface area contributed by atoms with Crippen LogP contribution in [0, 0.1) is 11.8 Å². The van der Waals surface area contributed by atoms with Gasteiger partial charge in [-0.1, -0.05) is 42.6 Å². The zero-order valence-corrected chi connectivity index (χ0v) is 12.8. The molecule has 3 heteroatoms. The van der Waals surface area contributed by atoms with E-state index in [1.54, 1.807) is 0 Å². The summed E-state index contributed by atoms with van der Waals surface area (Å²) in [6.45, 7) is 6.38. The summed E-state index contributed by atoms with van der Waals surface area (Å²) in [4.78, 5) is 14.2. The summed E-state index contributed by atoms with van der Waals surface area (Å²) < 4.78 is 0. The van der Waals surface area contributed by atoms with Gasteiger partial charge in [0, 0.05) is 24.8 Å². The number of carbonyl (C=O) groups excluding carboxylic acids is 1. The molecule has 2 atom stereocenters. The van der Waals surface area contributed by atoms with Crippen LogP contribution in [-0.4, -0.2) is 29.2 Å². The summed E-state index contributed by atoms with van der Waals surface area (Å²) in [7, 11) is 0. The Bertz CT molecular complexity index is 232. The van der Waals surface area contributed by atoms with E-state index in [0.717, 1.165) is 37.2 Å². The van der Waals surface area contributed by atoms with Gasteiger partial charge < -0.3 is 4.90 Å². The molecule has 0 aromatic rings. The molecule has 17 heavy (non-hydrogen) atoms. The molecule has 0 aromatic heterocycles. The smallest absolute Gasteiger partial charge is 0.222 e. The highest BCUT2D eigenvalue weighted by Crippen LogP contribution is 2.22. The van der Waals surface area contributed by atoms with E-state index in [-0.39, 0.29) is 0 Å². The van der Waals surface area contributed by atoms with Crippen LogP contribution in [0.2, 0.25) is 0 Å². The average molecular weight is 304 g/mol. The number of carbonyl (C=O) groups is 1. The fraction of sp³-hybridized carbons (Fsp3) is 0.929. The summed E-state index contributed by atoms with van der Waals surface area (Å²) in [5.74, 6) is 1.77. The highest BCUT2D eigenvalue weighted by molar-refractivity contribution is 9.09. The Morgan fingerprint density at radius 1 is 1.41 bits per heavy atom. The molecule has 1 heterocycles. The fourth-order valence-corrected chi connectivity index (χ4v) is 3.16. The number of rotatable bonds is 6. The Hall–Kier alpha value is -0.0500. The minimum atomic E-state index is 0.378. The van der Waals surface area contributed by atoms with Gasteiger partial charge in [-0.15, -0.1) is 0 Å². The number of hydrogen-bond donors (Lipinski definition) is 0. The largest absolute Gasteiger partial charge is 0.342 e. The zero-order chi connectivity index (χ0) is 12.7. The first-order valence-electron chi connectivity index (χ1n) is 7.04. The quantitative estimate of drug-likeness (QED) is 0.683. The molecule has 1 saturated heterocycles. The van der Waals surface area contributed by atoms with Crippen molar-refractivity contribution in [1.29, 1.82) is 0 Å². The second-order valence-corrected chi connectivity index (χ2v) is 5.90. The fourth-order valence-electron chi connectivity index (χ4n) is 2.63. The summed E-state index contributed by atoms with van der Waals surface area (Å²) in [5, 5.41) is 1.02. The molecule has 0 saturated carbocycles. The first-order valence-corrected chi connectivity index (χ1v) is 8.17.